The molecular weight excluding hydrogens is 249 g/mol. The van der Waals surface area contributed by atoms with Crippen LogP contribution in [0.5, 0.6) is 0 Å². The number of rotatable bonds is 7. The Labute approximate surface area is 114 Å². The van der Waals surface area contributed by atoms with Crippen LogP contribution in [0.25, 0.3) is 0 Å². The van der Waals surface area contributed by atoms with Crippen LogP contribution < -0.4 is 5.32 Å². The minimum absolute atomic E-state index is 0.162. The van der Waals surface area contributed by atoms with Gasteiger partial charge in [-0.2, -0.15) is 0 Å². The monoisotopic (exact) mass is 269 g/mol. The molecule has 18 heavy (non-hydrogen) atoms. The lowest BCUT2D eigenvalue weighted by Crippen LogP contribution is -2.22. The largest absolute Gasteiger partial charge is 0.310 e. The van der Waals surface area contributed by atoms with E-state index in [0.717, 1.165) is 36.9 Å². The van der Waals surface area contributed by atoms with Gasteiger partial charge in [0.05, 0.1) is 0 Å². The summed E-state index contributed by atoms with van der Waals surface area (Å²) in [5.74, 6) is -0.294. The molecule has 1 nitrogen and oxygen atoms in total. The van der Waals surface area contributed by atoms with Crippen LogP contribution in [0.1, 0.15) is 44.7 Å². The van der Waals surface area contributed by atoms with Crippen molar-refractivity contribution in [3.8, 4) is 0 Å². The zero-order chi connectivity index (χ0) is 13.5. The second kappa shape index (κ2) is 7.55. The molecule has 1 aromatic carbocycles. The normalized spacial score (nSPS) is 12.4. The van der Waals surface area contributed by atoms with E-state index >= 15 is 0 Å². The van der Waals surface area contributed by atoms with Crippen molar-refractivity contribution >= 4 is 11.6 Å². The third-order valence-corrected chi connectivity index (χ3v) is 3.17. The molecule has 0 radical (unpaired) electrons. The minimum Gasteiger partial charge on any atom is -0.310 e. The number of allylic oxidation sites excluding steroid dienone is 1. The van der Waals surface area contributed by atoms with Gasteiger partial charge in [-0.3, -0.25) is 0 Å². The SMILES string of the molecule is C=C(C)CCC(NCCC)c1ccc(F)cc1Cl. The Kier molecular flexibility index (Phi) is 6.37. The maximum atomic E-state index is 13.1. The Morgan fingerprint density at radius 3 is 2.78 bits per heavy atom. The van der Waals surface area contributed by atoms with Crippen LogP contribution in [-0.4, -0.2) is 6.54 Å². The van der Waals surface area contributed by atoms with Gasteiger partial charge >= 0.3 is 0 Å². The first-order valence-electron chi connectivity index (χ1n) is 6.37. The highest BCUT2D eigenvalue weighted by Gasteiger charge is 2.14. The number of nitrogens with one attached hydrogen (secondary N) is 1. The summed E-state index contributed by atoms with van der Waals surface area (Å²) in [5.41, 5.74) is 2.12. The second-order valence-corrected chi connectivity index (χ2v) is 5.08. The highest BCUT2D eigenvalue weighted by atomic mass is 35.5. The molecule has 0 aliphatic heterocycles. The number of hydrogen-bond acceptors (Lipinski definition) is 1. The molecule has 1 atom stereocenters. The Balaban J connectivity index is 2.82. The average molecular weight is 270 g/mol. The van der Waals surface area contributed by atoms with Gasteiger partial charge in [-0.1, -0.05) is 30.2 Å². The molecule has 1 rings (SSSR count). The van der Waals surface area contributed by atoms with E-state index in [4.69, 9.17) is 11.6 Å². The van der Waals surface area contributed by atoms with Crippen LogP contribution in [0, 0.1) is 5.82 Å². The zero-order valence-corrected chi connectivity index (χ0v) is 11.9. The predicted octanol–water partition coefficient (Wildman–Crippen LogP) is 4.88. The van der Waals surface area contributed by atoms with E-state index in [1.165, 1.54) is 12.1 Å². The van der Waals surface area contributed by atoms with Gasteiger partial charge in [0.25, 0.3) is 0 Å². The predicted molar refractivity (Wildman–Crippen MR) is 76.5 cm³/mol. The lowest BCUT2D eigenvalue weighted by Gasteiger charge is -2.20. The van der Waals surface area contributed by atoms with Gasteiger partial charge in [0.15, 0.2) is 0 Å². The Hall–Kier alpha value is -0.860. The number of benzene rings is 1. The van der Waals surface area contributed by atoms with Crippen molar-refractivity contribution in [2.45, 2.75) is 39.2 Å². The molecule has 0 aromatic heterocycles. The van der Waals surface area contributed by atoms with Crippen molar-refractivity contribution < 1.29 is 4.39 Å². The molecule has 0 aliphatic carbocycles. The van der Waals surface area contributed by atoms with Crippen LogP contribution >= 0.6 is 11.6 Å². The van der Waals surface area contributed by atoms with E-state index in [1.54, 1.807) is 6.07 Å². The highest BCUT2D eigenvalue weighted by Crippen LogP contribution is 2.27. The summed E-state index contributed by atoms with van der Waals surface area (Å²) in [7, 11) is 0. The van der Waals surface area contributed by atoms with Crippen molar-refractivity contribution in [1.82, 2.24) is 5.32 Å². The lowest BCUT2D eigenvalue weighted by atomic mass is 9.99. The highest BCUT2D eigenvalue weighted by molar-refractivity contribution is 6.31. The van der Waals surface area contributed by atoms with Crippen molar-refractivity contribution in [3.05, 3.63) is 46.8 Å². The molecule has 0 saturated heterocycles. The smallest absolute Gasteiger partial charge is 0.124 e. The van der Waals surface area contributed by atoms with E-state index in [1.807, 2.05) is 6.92 Å². The average Bonchev–Trinajstić information content (AvgIpc) is 2.30. The molecule has 0 saturated carbocycles. The van der Waals surface area contributed by atoms with E-state index < -0.39 is 0 Å². The second-order valence-electron chi connectivity index (χ2n) is 4.67. The van der Waals surface area contributed by atoms with Gasteiger partial charge in [-0.25, -0.2) is 4.39 Å². The fourth-order valence-corrected chi connectivity index (χ4v) is 2.16. The quantitative estimate of drug-likeness (QED) is 0.696. The molecule has 3 heteroatoms. The van der Waals surface area contributed by atoms with Gasteiger partial charge in [-0.05, 0) is 50.4 Å². The topological polar surface area (TPSA) is 12.0 Å². The Morgan fingerprint density at radius 2 is 2.22 bits per heavy atom. The summed E-state index contributed by atoms with van der Waals surface area (Å²) >= 11 is 6.12. The molecule has 0 fully saturated rings. The third-order valence-electron chi connectivity index (χ3n) is 2.84. The fourth-order valence-electron chi connectivity index (χ4n) is 1.86. The van der Waals surface area contributed by atoms with E-state index in [-0.39, 0.29) is 11.9 Å². The summed E-state index contributed by atoms with van der Waals surface area (Å²) in [6.07, 6.45) is 2.93. The van der Waals surface area contributed by atoms with Crippen molar-refractivity contribution in [2.24, 2.45) is 0 Å². The first-order valence-corrected chi connectivity index (χ1v) is 6.75. The van der Waals surface area contributed by atoms with Crippen molar-refractivity contribution in [2.75, 3.05) is 6.54 Å². The maximum Gasteiger partial charge on any atom is 0.124 e. The number of hydrogen-bond donors (Lipinski definition) is 1. The van der Waals surface area contributed by atoms with E-state index in [0.29, 0.717) is 5.02 Å². The van der Waals surface area contributed by atoms with Crippen LogP contribution in [0.4, 0.5) is 4.39 Å². The number of halogens is 2. The molecule has 1 aromatic rings. The summed E-state index contributed by atoms with van der Waals surface area (Å²) in [5, 5.41) is 3.94. The van der Waals surface area contributed by atoms with Crippen LogP contribution in [0.15, 0.2) is 30.4 Å². The molecule has 0 amide bonds. The van der Waals surface area contributed by atoms with Crippen molar-refractivity contribution in [3.63, 3.8) is 0 Å². The van der Waals surface area contributed by atoms with Crippen LogP contribution in [-0.2, 0) is 0 Å². The van der Waals surface area contributed by atoms with E-state index in [9.17, 15) is 4.39 Å². The molecular formula is C15H21ClFN. The molecule has 0 bridgehead atoms. The van der Waals surface area contributed by atoms with Gasteiger partial charge in [0.1, 0.15) is 5.82 Å². The van der Waals surface area contributed by atoms with Gasteiger partial charge in [0, 0.05) is 11.1 Å². The van der Waals surface area contributed by atoms with Crippen LogP contribution in [0.3, 0.4) is 0 Å². The Morgan fingerprint density at radius 1 is 1.50 bits per heavy atom. The molecule has 0 heterocycles. The van der Waals surface area contributed by atoms with Gasteiger partial charge in [0.2, 0.25) is 0 Å². The first kappa shape index (κ1) is 15.2. The molecule has 0 aliphatic rings. The molecule has 100 valence electrons. The van der Waals surface area contributed by atoms with Gasteiger partial charge in [-0.15, -0.1) is 6.58 Å². The molecule has 1 N–H and O–H groups in total. The van der Waals surface area contributed by atoms with Crippen molar-refractivity contribution in [1.29, 1.82) is 0 Å². The first-order chi connectivity index (χ1) is 8.54. The van der Waals surface area contributed by atoms with E-state index in [2.05, 4.69) is 18.8 Å². The fraction of sp³-hybridized carbons (Fsp3) is 0.467. The summed E-state index contributed by atoms with van der Waals surface area (Å²) < 4.78 is 13.1. The standard InChI is InChI=1S/C15H21ClFN/c1-4-9-18-15(8-5-11(2)3)13-7-6-12(17)10-14(13)16/h6-7,10,15,18H,2,4-5,8-9H2,1,3H3. The maximum absolute atomic E-state index is 13.1. The third kappa shape index (κ3) is 4.79. The van der Waals surface area contributed by atoms with Crippen LogP contribution in [0.2, 0.25) is 5.02 Å². The summed E-state index contributed by atoms with van der Waals surface area (Å²) in [6.45, 7) is 8.98. The Bertz CT molecular complexity index is 403. The van der Waals surface area contributed by atoms with Gasteiger partial charge < -0.3 is 5.32 Å². The summed E-state index contributed by atoms with van der Waals surface area (Å²) in [4.78, 5) is 0. The minimum atomic E-state index is -0.294. The zero-order valence-electron chi connectivity index (χ0n) is 11.1. The summed E-state index contributed by atoms with van der Waals surface area (Å²) in [6, 6.07) is 4.76. The molecule has 1 unspecified atom stereocenters. The lowest BCUT2D eigenvalue weighted by molar-refractivity contribution is 0.498. The molecule has 0 spiro atoms.